The van der Waals surface area contributed by atoms with Gasteiger partial charge >= 0.3 is 6.09 Å². The molecule has 0 saturated carbocycles. The molecule has 2 aromatic carbocycles. The Hall–Kier alpha value is -3.10. The number of aromatic nitrogens is 2. The average Bonchev–Trinajstić information content (AvgIpc) is 3.32. The molecule has 1 fully saturated rings. The number of amides is 1. The van der Waals surface area contributed by atoms with Gasteiger partial charge in [0.1, 0.15) is 17.3 Å². The summed E-state index contributed by atoms with van der Waals surface area (Å²) in [7, 11) is 0. The first kappa shape index (κ1) is 22.7. The number of anilines is 1. The maximum absolute atomic E-state index is 13.7. The normalized spacial score (nSPS) is 18.6. The third-order valence-corrected chi connectivity index (χ3v) is 6.95. The summed E-state index contributed by atoms with van der Waals surface area (Å²) in [5.41, 5.74) is 3.08. The van der Waals surface area contributed by atoms with Crippen LogP contribution in [0.3, 0.4) is 0 Å². The molecule has 178 valence electrons. The van der Waals surface area contributed by atoms with Crippen molar-refractivity contribution >= 4 is 23.4 Å². The van der Waals surface area contributed by atoms with Crippen molar-refractivity contribution in [3.63, 3.8) is 0 Å². The minimum atomic E-state index is -1.00. The zero-order valence-electron chi connectivity index (χ0n) is 18.8. The fourth-order valence-corrected chi connectivity index (χ4v) is 5.02. The molecule has 0 aliphatic carbocycles. The third-order valence-electron chi connectivity index (χ3n) is 6.66. The first-order valence-electron chi connectivity index (χ1n) is 11.5. The van der Waals surface area contributed by atoms with Gasteiger partial charge in [-0.2, -0.15) is 5.10 Å². The summed E-state index contributed by atoms with van der Waals surface area (Å²) in [6.45, 7) is 3.82. The SMILES string of the molecule is C[C@H]1CCc2c(ccc(-c3cnn(C4CCNCC4)c3)c2Oc2ccc(F)c(Cl)c2)N1C(=O)O. The van der Waals surface area contributed by atoms with Gasteiger partial charge < -0.3 is 15.2 Å². The molecule has 0 bridgehead atoms. The second-order valence-electron chi connectivity index (χ2n) is 8.85. The van der Waals surface area contributed by atoms with Gasteiger partial charge in [-0.1, -0.05) is 11.6 Å². The first-order chi connectivity index (χ1) is 16.4. The minimum Gasteiger partial charge on any atom is -0.465 e. The lowest BCUT2D eigenvalue weighted by Gasteiger charge is -2.34. The Balaban J connectivity index is 1.60. The Morgan fingerprint density at radius 1 is 1.24 bits per heavy atom. The molecule has 3 heterocycles. The number of fused-ring (bicyclic) bond motifs is 1. The van der Waals surface area contributed by atoms with E-state index in [1.807, 2.05) is 36.1 Å². The van der Waals surface area contributed by atoms with Crippen LogP contribution in [0.4, 0.5) is 14.9 Å². The summed E-state index contributed by atoms with van der Waals surface area (Å²) >= 11 is 5.99. The average molecular weight is 485 g/mol. The fraction of sp³-hybridized carbons (Fsp3) is 0.360. The Labute approximate surface area is 202 Å². The Kier molecular flexibility index (Phi) is 6.18. The van der Waals surface area contributed by atoms with Crippen LogP contribution >= 0.6 is 11.6 Å². The van der Waals surface area contributed by atoms with Crippen LogP contribution in [0.5, 0.6) is 11.5 Å². The van der Waals surface area contributed by atoms with Gasteiger partial charge in [0.05, 0.1) is 22.9 Å². The molecule has 2 aliphatic heterocycles. The second kappa shape index (κ2) is 9.27. The highest BCUT2D eigenvalue weighted by atomic mass is 35.5. The zero-order chi connectivity index (χ0) is 23.8. The molecule has 34 heavy (non-hydrogen) atoms. The van der Waals surface area contributed by atoms with Crippen LogP contribution in [0, 0.1) is 5.82 Å². The summed E-state index contributed by atoms with van der Waals surface area (Å²) in [6, 6.07) is 8.09. The lowest BCUT2D eigenvalue weighted by Crippen LogP contribution is -2.41. The van der Waals surface area contributed by atoms with E-state index < -0.39 is 11.9 Å². The predicted molar refractivity (Wildman–Crippen MR) is 129 cm³/mol. The van der Waals surface area contributed by atoms with Crippen molar-refractivity contribution < 1.29 is 19.0 Å². The van der Waals surface area contributed by atoms with E-state index in [0.717, 1.165) is 42.6 Å². The van der Waals surface area contributed by atoms with Gasteiger partial charge in [0.25, 0.3) is 0 Å². The van der Waals surface area contributed by atoms with Crippen LogP contribution in [-0.4, -0.2) is 40.1 Å². The number of carboxylic acid groups (broad SMARTS) is 1. The number of halogens is 2. The highest BCUT2D eigenvalue weighted by molar-refractivity contribution is 6.30. The van der Waals surface area contributed by atoms with Crippen molar-refractivity contribution in [3.05, 3.63) is 59.1 Å². The van der Waals surface area contributed by atoms with E-state index in [2.05, 4.69) is 10.4 Å². The number of piperidine rings is 1. The van der Waals surface area contributed by atoms with Gasteiger partial charge in [0, 0.05) is 35.0 Å². The summed E-state index contributed by atoms with van der Waals surface area (Å²) in [5, 5.41) is 17.8. The standard InChI is InChI=1S/C25H26ClFN4O3/c1-15-2-4-20-23(31(15)25(32)33)7-5-19(24(20)34-18-3-6-22(27)21(26)12-18)16-13-29-30(14-16)17-8-10-28-11-9-17/h3,5-7,12-15,17,28H,2,4,8-11H2,1H3,(H,32,33)/t15-/m0/s1. The number of hydrogen-bond acceptors (Lipinski definition) is 4. The molecule has 1 saturated heterocycles. The predicted octanol–water partition coefficient (Wildman–Crippen LogP) is 5.88. The number of nitrogens with one attached hydrogen (secondary N) is 1. The number of hydrogen-bond donors (Lipinski definition) is 2. The monoisotopic (exact) mass is 484 g/mol. The van der Waals surface area contributed by atoms with Crippen LogP contribution in [0.15, 0.2) is 42.7 Å². The smallest absolute Gasteiger partial charge is 0.412 e. The molecular formula is C25H26ClFN4O3. The molecule has 5 rings (SSSR count). The second-order valence-corrected chi connectivity index (χ2v) is 9.26. The molecule has 7 nitrogen and oxygen atoms in total. The van der Waals surface area contributed by atoms with Crippen LogP contribution in [0.2, 0.25) is 5.02 Å². The topological polar surface area (TPSA) is 79.6 Å². The molecule has 2 N–H and O–H groups in total. The number of nitrogens with zero attached hydrogens (tertiary/aromatic N) is 3. The lowest BCUT2D eigenvalue weighted by atomic mass is 9.92. The van der Waals surface area contributed by atoms with Gasteiger partial charge in [-0.15, -0.1) is 0 Å². The van der Waals surface area contributed by atoms with Crippen molar-refractivity contribution in [3.8, 4) is 22.6 Å². The third kappa shape index (κ3) is 4.23. The van der Waals surface area contributed by atoms with Crippen LogP contribution in [0.1, 0.15) is 37.8 Å². The Bertz CT molecular complexity index is 1220. The number of benzene rings is 2. The lowest BCUT2D eigenvalue weighted by molar-refractivity contribution is 0.198. The van der Waals surface area contributed by atoms with E-state index in [0.29, 0.717) is 36.1 Å². The first-order valence-corrected chi connectivity index (χ1v) is 11.9. The molecule has 1 atom stereocenters. The minimum absolute atomic E-state index is 0.0386. The summed E-state index contributed by atoms with van der Waals surface area (Å²) in [6.07, 6.45) is 6.16. The van der Waals surface area contributed by atoms with Crippen molar-refractivity contribution in [2.45, 2.75) is 44.7 Å². The maximum Gasteiger partial charge on any atom is 0.412 e. The summed E-state index contributed by atoms with van der Waals surface area (Å²) < 4.78 is 22.0. The van der Waals surface area contributed by atoms with Crippen molar-refractivity contribution in [2.75, 3.05) is 18.0 Å². The van der Waals surface area contributed by atoms with Gasteiger partial charge in [-0.05, 0) is 70.0 Å². The Morgan fingerprint density at radius 2 is 2.03 bits per heavy atom. The molecular weight excluding hydrogens is 459 g/mol. The molecule has 1 amide bonds. The fourth-order valence-electron chi connectivity index (χ4n) is 4.85. The highest BCUT2D eigenvalue weighted by Crippen LogP contribution is 2.45. The largest absolute Gasteiger partial charge is 0.465 e. The molecule has 2 aliphatic rings. The van der Waals surface area contributed by atoms with E-state index >= 15 is 0 Å². The van der Waals surface area contributed by atoms with Crippen LogP contribution in [0.25, 0.3) is 11.1 Å². The molecule has 0 radical (unpaired) electrons. The van der Waals surface area contributed by atoms with Crippen molar-refractivity contribution in [1.82, 2.24) is 15.1 Å². The quantitative estimate of drug-likeness (QED) is 0.483. The molecule has 1 aromatic heterocycles. The van der Waals surface area contributed by atoms with Crippen LogP contribution in [-0.2, 0) is 6.42 Å². The molecule has 9 heteroatoms. The van der Waals surface area contributed by atoms with Crippen molar-refractivity contribution in [1.29, 1.82) is 0 Å². The Morgan fingerprint density at radius 3 is 2.76 bits per heavy atom. The van der Waals surface area contributed by atoms with Crippen LogP contribution < -0.4 is 15.0 Å². The number of carbonyl (C=O) groups is 1. The molecule has 0 unspecified atom stereocenters. The van der Waals surface area contributed by atoms with Gasteiger partial charge in [-0.3, -0.25) is 9.58 Å². The van der Waals surface area contributed by atoms with Crippen molar-refractivity contribution in [2.24, 2.45) is 0 Å². The van der Waals surface area contributed by atoms with Gasteiger partial charge in [0.15, 0.2) is 0 Å². The number of ether oxygens (including phenoxy) is 1. The van der Waals surface area contributed by atoms with E-state index in [1.165, 1.54) is 23.1 Å². The highest BCUT2D eigenvalue weighted by Gasteiger charge is 2.32. The summed E-state index contributed by atoms with van der Waals surface area (Å²) in [4.78, 5) is 13.4. The van der Waals surface area contributed by atoms with E-state index in [4.69, 9.17) is 16.3 Å². The van der Waals surface area contributed by atoms with E-state index in [1.54, 1.807) is 0 Å². The zero-order valence-corrected chi connectivity index (χ0v) is 19.6. The van der Waals surface area contributed by atoms with E-state index in [9.17, 15) is 14.3 Å². The maximum atomic E-state index is 13.7. The van der Waals surface area contributed by atoms with E-state index in [-0.39, 0.29) is 11.1 Å². The molecule has 3 aromatic rings. The van der Waals surface area contributed by atoms with Gasteiger partial charge in [-0.25, -0.2) is 9.18 Å². The molecule has 0 spiro atoms. The number of rotatable bonds is 4. The summed E-state index contributed by atoms with van der Waals surface area (Å²) in [5.74, 6) is 0.397. The van der Waals surface area contributed by atoms with Gasteiger partial charge in [0.2, 0.25) is 0 Å².